The highest BCUT2D eigenvalue weighted by Gasteiger charge is 2.48. The first-order valence-electron chi connectivity index (χ1n) is 9.52. The molecule has 2 aromatic rings. The molecule has 0 unspecified atom stereocenters. The molecule has 0 bridgehead atoms. The molecule has 8 heteroatoms. The smallest absolute Gasteiger partial charge is 0.323 e. The van der Waals surface area contributed by atoms with Crippen molar-refractivity contribution in [1.29, 1.82) is 0 Å². The van der Waals surface area contributed by atoms with Crippen LogP contribution in [-0.4, -0.2) is 57.2 Å². The van der Waals surface area contributed by atoms with E-state index < -0.39 is 0 Å². The largest absolute Gasteiger partial charge is 0.371 e. The predicted octanol–water partition coefficient (Wildman–Crippen LogP) is 2.03. The molecule has 2 saturated heterocycles. The highest BCUT2D eigenvalue weighted by atomic mass is 16.5. The standard InChI is InChI=1S/C20H21N5O3/c26-18(25-12-20(13-25)8-3-9-28-20)16-6-7-17(23-22-16)21-19(27)24-10-14-4-1-2-5-15(14)11-24/h1-2,4-7H,3,8-13H2,(H,21,23,27). The van der Waals surface area contributed by atoms with Crippen LogP contribution in [0.3, 0.4) is 0 Å². The van der Waals surface area contributed by atoms with Crippen LogP contribution in [-0.2, 0) is 17.8 Å². The van der Waals surface area contributed by atoms with Crippen molar-refractivity contribution < 1.29 is 14.3 Å². The fraction of sp³-hybridized carbons (Fsp3) is 0.400. The normalized spacial score (nSPS) is 19.4. The van der Waals surface area contributed by atoms with Gasteiger partial charge in [0, 0.05) is 19.7 Å². The molecule has 144 valence electrons. The molecule has 1 aromatic carbocycles. The number of amides is 3. The number of carbonyl (C=O) groups excluding carboxylic acids is 2. The van der Waals surface area contributed by atoms with Gasteiger partial charge >= 0.3 is 6.03 Å². The molecule has 8 nitrogen and oxygen atoms in total. The molecule has 3 aliphatic heterocycles. The van der Waals surface area contributed by atoms with Gasteiger partial charge in [-0.25, -0.2) is 4.79 Å². The van der Waals surface area contributed by atoms with Crippen LogP contribution in [0.5, 0.6) is 0 Å². The summed E-state index contributed by atoms with van der Waals surface area (Å²) in [5.41, 5.74) is 2.45. The fourth-order valence-corrected chi connectivity index (χ4v) is 4.14. The molecular formula is C20H21N5O3. The molecule has 3 aliphatic rings. The van der Waals surface area contributed by atoms with E-state index in [0.29, 0.717) is 32.0 Å². The summed E-state index contributed by atoms with van der Waals surface area (Å²) in [6, 6.07) is 11.0. The van der Waals surface area contributed by atoms with Crippen LogP contribution in [0.1, 0.15) is 34.5 Å². The van der Waals surface area contributed by atoms with E-state index in [4.69, 9.17) is 4.74 Å². The Balaban J connectivity index is 1.18. The molecule has 0 radical (unpaired) electrons. The first-order valence-corrected chi connectivity index (χ1v) is 9.52. The lowest BCUT2D eigenvalue weighted by Crippen LogP contribution is -2.63. The van der Waals surface area contributed by atoms with Crippen LogP contribution in [0, 0.1) is 0 Å². The van der Waals surface area contributed by atoms with Gasteiger partial charge < -0.3 is 14.5 Å². The number of benzene rings is 1. The SMILES string of the molecule is O=C(Nc1ccc(C(=O)N2CC3(CCCO3)C2)nn1)N1Cc2ccccc2C1. The molecule has 1 aromatic heterocycles. The number of hydrogen-bond acceptors (Lipinski definition) is 5. The summed E-state index contributed by atoms with van der Waals surface area (Å²) in [7, 11) is 0. The van der Waals surface area contributed by atoms with E-state index in [1.165, 1.54) is 0 Å². The highest BCUT2D eigenvalue weighted by molar-refractivity contribution is 5.93. The van der Waals surface area contributed by atoms with Gasteiger partial charge in [-0.2, -0.15) is 0 Å². The quantitative estimate of drug-likeness (QED) is 0.863. The average Bonchev–Trinajstić information content (AvgIpc) is 3.34. The first kappa shape index (κ1) is 17.1. The lowest BCUT2D eigenvalue weighted by Gasteiger charge is -2.46. The maximum atomic E-state index is 12.5. The minimum absolute atomic E-state index is 0.135. The number of hydrogen-bond donors (Lipinski definition) is 1. The molecule has 0 atom stereocenters. The predicted molar refractivity (Wildman–Crippen MR) is 101 cm³/mol. The number of ether oxygens (including phenoxy) is 1. The number of rotatable bonds is 2. The van der Waals surface area contributed by atoms with Crippen molar-refractivity contribution in [3.05, 3.63) is 53.2 Å². The summed E-state index contributed by atoms with van der Waals surface area (Å²) in [5.74, 6) is 0.179. The third-order valence-electron chi connectivity index (χ3n) is 5.68. The highest BCUT2D eigenvalue weighted by Crippen LogP contribution is 2.35. The van der Waals surface area contributed by atoms with Crippen LogP contribution < -0.4 is 5.32 Å². The Labute approximate surface area is 162 Å². The monoisotopic (exact) mass is 379 g/mol. The van der Waals surface area contributed by atoms with Crippen LogP contribution in [0.4, 0.5) is 10.6 Å². The molecule has 2 fully saturated rings. The van der Waals surface area contributed by atoms with Gasteiger partial charge in [0.05, 0.1) is 13.1 Å². The molecule has 0 saturated carbocycles. The molecule has 1 N–H and O–H groups in total. The van der Waals surface area contributed by atoms with Gasteiger partial charge in [0.25, 0.3) is 5.91 Å². The Morgan fingerprint density at radius 3 is 2.36 bits per heavy atom. The third kappa shape index (κ3) is 2.99. The van der Waals surface area contributed by atoms with E-state index in [1.54, 1.807) is 21.9 Å². The number of urea groups is 1. The van der Waals surface area contributed by atoms with Gasteiger partial charge in [-0.15, -0.1) is 10.2 Å². The summed E-state index contributed by atoms with van der Waals surface area (Å²) in [6.07, 6.45) is 2.06. The molecule has 5 rings (SSSR count). The summed E-state index contributed by atoms with van der Waals surface area (Å²) >= 11 is 0. The fourth-order valence-electron chi connectivity index (χ4n) is 4.14. The van der Waals surface area contributed by atoms with Gasteiger partial charge in [0.2, 0.25) is 0 Å². The molecule has 3 amide bonds. The van der Waals surface area contributed by atoms with Gasteiger partial charge in [-0.3, -0.25) is 10.1 Å². The zero-order chi connectivity index (χ0) is 19.1. The first-order chi connectivity index (χ1) is 13.6. The zero-order valence-electron chi connectivity index (χ0n) is 15.4. The summed E-state index contributed by atoms with van der Waals surface area (Å²) in [5, 5.41) is 10.8. The maximum absolute atomic E-state index is 12.5. The third-order valence-corrected chi connectivity index (χ3v) is 5.68. The number of anilines is 1. The average molecular weight is 379 g/mol. The van der Waals surface area contributed by atoms with Crippen molar-refractivity contribution in [3.63, 3.8) is 0 Å². The molecule has 4 heterocycles. The van der Waals surface area contributed by atoms with Crippen LogP contribution in [0.15, 0.2) is 36.4 Å². The molecule has 0 aliphatic carbocycles. The van der Waals surface area contributed by atoms with E-state index in [1.807, 2.05) is 24.3 Å². The molecular weight excluding hydrogens is 358 g/mol. The maximum Gasteiger partial charge on any atom is 0.323 e. The van der Waals surface area contributed by atoms with Crippen molar-refractivity contribution in [1.82, 2.24) is 20.0 Å². The number of nitrogens with zero attached hydrogens (tertiary/aromatic N) is 4. The van der Waals surface area contributed by atoms with E-state index in [2.05, 4.69) is 15.5 Å². The van der Waals surface area contributed by atoms with Crippen LogP contribution in [0.2, 0.25) is 0 Å². The van der Waals surface area contributed by atoms with E-state index >= 15 is 0 Å². The van der Waals surface area contributed by atoms with Gasteiger partial charge in [-0.05, 0) is 36.1 Å². The Kier molecular flexibility index (Phi) is 4.01. The minimum Gasteiger partial charge on any atom is -0.371 e. The Morgan fingerprint density at radius 2 is 1.75 bits per heavy atom. The second-order valence-electron chi connectivity index (χ2n) is 7.65. The van der Waals surface area contributed by atoms with E-state index in [9.17, 15) is 9.59 Å². The second-order valence-corrected chi connectivity index (χ2v) is 7.65. The number of aromatic nitrogens is 2. The van der Waals surface area contributed by atoms with E-state index in [-0.39, 0.29) is 23.2 Å². The molecule has 28 heavy (non-hydrogen) atoms. The van der Waals surface area contributed by atoms with Gasteiger partial charge in [0.15, 0.2) is 11.5 Å². The number of carbonyl (C=O) groups is 2. The van der Waals surface area contributed by atoms with Crippen molar-refractivity contribution in [2.45, 2.75) is 31.5 Å². The second kappa shape index (κ2) is 6.56. The lowest BCUT2D eigenvalue weighted by atomic mass is 9.90. The van der Waals surface area contributed by atoms with Crippen molar-refractivity contribution in [2.24, 2.45) is 0 Å². The van der Waals surface area contributed by atoms with E-state index in [0.717, 1.165) is 30.6 Å². The lowest BCUT2D eigenvalue weighted by molar-refractivity contribution is -0.0951. The number of likely N-dealkylation sites (tertiary alicyclic amines) is 1. The summed E-state index contributed by atoms with van der Waals surface area (Å²) in [4.78, 5) is 28.4. The Morgan fingerprint density at radius 1 is 1.00 bits per heavy atom. The minimum atomic E-state index is -0.229. The zero-order valence-corrected chi connectivity index (χ0v) is 15.4. The van der Waals surface area contributed by atoms with Crippen LogP contribution >= 0.6 is 0 Å². The van der Waals surface area contributed by atoms with Gasteiger partial charge in [-0.1, -0.05) is 24.3 Å². The van der Waals surface area contributed by atoms with Crippen LogP contribution in [0.25, 0.3) is 0 Å². The van der Waals surface area contributed by atoms with Crippen molar-refractivity contribution >= 4 is 17.8 Å². The Hall–Kier alpha value is -3.00. The number of nitrogens with one attached hydrogen (secondary N) is 1. The van der Waals surface area contributed by atoms with Gasteiger partial charge in [0.1, 0.15) is 5.60 Å². The Bertz CT molecular complexity index is 891. The van der Waals surface area contributed by atoms with Crippen molar-refractivity contribution in [3.8, 4) is 0 Å². The van der Waals surface area contributed by atoms with Crippen molar-refractivity contribution in [2.75, 3.05) is 25.0 Å². The number of fused-ring (bicyclic) bond motifs is 1. The molecule has 1 spiro atoms. The summed E-state index contributed by atoms with van der Waals surface area (Å²) in [6.45, 7) is 3.15. The summed E-state index contributed by atoms with van der Waals surface area (Å²) < 4.78 is 5.75. The topological polar surface area (TPSA) is 87.7 Å².